The average molecular weight is 526 g/mol. The standard InChI is InChI=1S/C33H51NO4/c1-21(2)22-10-15-33(28(37)38-19-7-18-34)17-16-31(5)23(27(22)33)8-9-25-29(3)13-12-26(36)30(4,20-35)24(29)11-14-32(25,31)6/h22-27,35-36H,1,7-17,19-20H2,2-6H3/t22-,23?,24?,25?,26-,27?,29-,30-,31+,32+,33-/m0/s1. The molecule has 5 aliphatic carbocycles. The second-order valence-corrected chi connectivity index (χ2v) is 15.1. The Morgan fingerprint density at radius 2 is 1.71 bits per heavy atom. The topological polar surface area (TPSA) is 90.6 Å². The van der Waals surface area contributed by atoms with Gasteiger partial charge in [0.05, 0.1) is 30.6 Å². The predicted molar refractivity (Wildman–Crippen MR) is 148 cm³/mol. The van der Waals surface area contributed by atoms with Crippen LogP contribution < -0.4 is 0 Å². The molecule has 5 nitrogen and oxygen atoms in total. The molecule has 5 saturated carbocycles. The van der Waals surface area contributed by atoms with Gasteiger partial charge in [-0.15, -0.1) is 0 Å². The number of nitrogens with zero attached hydrogens (tertiary/aromatic N) is 1. The van der Waals surface area contributed by atoms with Gasteiger partial charge in [0.1, 0.15) is 6.61 Å². The van der Waals surface area contributed by atoms with Gasteiger partial charge in [0.15, 0.2) is 0 Å². The van der Waals surface area contributed by atoms with Gasteiger partial charge in [0, 0.05) is 5.41 Å². The zero-order chi connectivity index (χ0) is 27.7. The van der Waals surface area contributed by atoms with Crippen molar-refractivity contribution in [2.24, 2.45) is 56.7 Å². The highest BCUT2D eigenvalue weighted by Crippen LogP contribution is 2.77. The minimum atomic E-state index is -0.446. The second kappa shape index (κ2) is 9.34. The summed E-state index contributed by atoms with van der Waals surface area (Å²) >= 11 is 0. The van der Waals surface area contributed by atoms with Crippen molar-refractivity contribution >= 4 is 5.97 Å². The van der Waals surface area contributed by atoms with E-state index in [2.05, 4.69) is 47.3 Å². The molecule has 11 atom stereocenters. The third-order valence-electron chi connectivity index (χ3n) is 14.0. The number of carbonyl (C=O) groups is 1. The molecule has 0 aromatic heterocycles. The van der Waals surface area contributed by atoms with E-state index in [-0.39, 0.29) is 47.8 Å². The zero-order valence-electron chi connectivity index (χ0n) is 24.5. The number of rotatable bonds is 5. The summed E-state index contributed by atoms with van der Waals surface area (Å²) in [5.41, 5.74) is 0.698. The Morgan fingerprint density at radius 1 is 0.974 bits per heavy atom. The lowest BCUT2D eigenvalue weighted by molar-refractivity contribution is -0.254. The minimum absolute atomic E-state index is 0.0521. The molecule has 212 valence electrons. The molecule has 0 bridgehead atoms. The lowest BCUT2D eigenvalue weighted by Gasteiger charge is -2.72. The number of carbonyl (C=O) groups excluding carboxylic acids is 1. The molecule has 0 saturated heterocycles. The first-order chi connectivity index (χ1) is 17.9. The van der Waals surface area contributed by atoms with Crippen LogP contribution in [0.5, 0.6) is 0 Å². The van der Waals surface area contributed by atoms with E-state index >= 15 is 0 Å². The quantitative estimate of drug-likeness (QED) is 0.245. The summed E-state index contributed by atoms with van der Waals surface area (Å²) in [6.07, 6.45) is 9.86. The molecule has 5 rings (SSSR count). The molecule has 5 heteroatoms. The second-order valence-electron chi connectivity index (χ2n) is 15.1. The number of hydrogen-bond donors (Lipinski definition) is 2. The highest BCUT2D eigenvalue weighted by molar-refractivity contribution is 5.78. The Balaban J connectivity index is 1.52. The van der Waals surface area contributed by atoms with Crippen LogP contribution in [0.1, 0.15) is 105 Å². The summed E-state index contributed by atoms with van der Waals surface area (Å²) in [6.45, 7) is 16.5. The maximum Gasteiger partial charge on any atom is 0.312 e. The van der Waals surface area contributed by atoms with Gasteiger partial charge in [0.25, 0.3) is 0 Å². The van der Waals surface area contributed by atoms with Gasteiger partial charge < -0.3 is 14.9 Å². The molecule has 5 aliphatic rings. The first kappa shape index (κ1) is 28.2. The van der Waals surface area contributed by atoms with Gasteiger partial charge in [-0.1, -0.05) is 39.8 Å². The largest absolute Gasteiger partial charge is 0.464 e. The number of esters is 1. The van der Waals surface area contributed by atoms with Crippen molar-refractivity contribution in [1.29, 1.82) is 5.26 Å². The van der Waals surface area contributed by atoms with E-state index in [0.717, 1.165) is 64.2 Å². The van der Waals surface area contributed by atoms with Crippen molar-refractivity contribution in [3.05, 3.63) is 12.2 Å². The van der Waals surface area contributed by atoms with Crippen molar-refractivity contribution < 1.29 is 19.7 Å². The molecule has 38 heavy (non-hydrogen) atoms. The van der Waals surface area contributed by atoms with Crippen molar-refractivity contribution in [3.8, 4) is 6.07 Å². The molecule has 0 spiro atoms. The molecule has 0 aromatic carbocycles. The van der Waals surface area contributed by atoms with Crippen molar-refractivity contribution in [1.82, 2.24) is 0 Å². The number of hydrogen-bond acceptors (Lipinski definition) is 5. The Labute approximate surface area is 230 Å². The fraction of sp³-hybridized carbons (Fsp3) is 0.879. The van der Waals surface area contributed by atoms with Gasteiger partial charge in [-0.3, -0.25) is 4.79 Å². The van der Waals surface area contributed by atoms with Gasteiger partial charge in [0.2, 0.25) is 0 Å². The van der Waals surface area contributed by atoms with E-state index in [1.807, 2.05) is 0 Å². The summed E-state index contributed by atoms with van der Waals surface area (Å²) in [6, 6.07) is 2.11. The minimum Gasteiger partial charge on any atom is -0.464 e. The fourth-order valence-electron chi connectivity index (χ4n) is 11.9. The Kier molecular flexibility index (Phi) is 6.92. The van der Waals surface area contributed by atoms with Crippen LogP contribution in [0.4, 0.5) is 0 Å². The maximum atomic E-state index is 13.8. The first-order valence-electron chi connectivity index (χ1n) is 15.3. The highest BCUT2D eigenvalue weighted by Gasteiger charge is 2.72. The third kappa shape index (κ3) is 3.51. The first-order valence-corrected chi connectivity index (χ1v) is 15.3. The van der Waals surface area contributed by atoms with E-state index in [4.69, 9.17) is 10.00 Å². The average Bonchev–Trinajstić information content (AvgIpc) is 3.28. The molecular formula is C33H51NO4. The van der Waals surface area contributed by atoms with Crippen molar-refractivity contribution in [2.45, 2.75) is 111 Å². The molecular weight excluding hydrogens is 474 g/mol. The van der Waals surface area contributed by atoms with Crippen LogP contribution in [-0.4, -0.2) is 35.5 Å². The SMILES string of the molecule is C=C(C)[C@@H]1CC[C@]2(C(=O)OCCC#N)CC[C@]3(C)C(CCC4[C@@]5(C)CC[C@H](O)[C@@](C)(CO)C5CC[C@]43C)C12. The van der Waals surface area contributed by atoms with Gasteiger partial charge in [-0.2, -0.15) is 5.26 Å². The molecule has 2 N–H and O–H groups in total. The lowest BCUT2D eigenvalue weighted by Crippen LogP contribution is -2.67. The monoisotopic (exact) mass is 525 g/mol. The zero-order valence-corrected chi connectivity index (χ0v) is 24.5. The molecule has 5 fully saturated rings. The van der Waals surface area contributed by atoms with Crippen LogP contribution in [0.2, 0.25) is 0 Å². The van der Waals surface area contributed by atoms with Crippen LogP contribution in [0, 0.1) is 68.0 Å². The Morgan fingerprint density at radius 3 is 2.37 bits per heavy atom. The molecule has 0 aromatic rings. The lowest BCUT2D eigenvalue weighted by atomic mass is 9.32. The number of fused-ring (bicyclic) bond motifs is 7. The smallest absolute Gasteiger partial charge is 0.312 e. The van der Waals surface area contributed by atoms with E-state index in [9.17, 15) is 15.0 Å². The summed E-state index contributed by atoms with van der Waals surface area (Å²) in [7, 11) is 0. The summed E-state index contributed by atoms with van der Waals surface area (Å²) < 4.78 is 5.79. The van der Waals surface area contributed by atoms with Crippen LogP contribution in [0.15, 0.2) is 12.2 Å². The van der Waals surface area contributed by atoms with E-state index in [1.165, 1.54) is 5.57 Å². The molecule has 0 amide bonds. The number of ether oxygens (including phenoxy) is 1. The summed E-state index contributed by atoms with van der Waals surface area (Å²) in [4.78, 5) is 13.8. The summed E-state index contributed by atoms with van der Waals surface area (Å²) in [5, 5.41) is 30.5. The number of nitriles is 1. The van der Waals surface area contributed by atoms with Crippen LogP contribution in [0.3, 0.4) is 0 Å². The maximum absolute atomic E-state index is 13.8. The van der Waals surface area contributed by atoms with Crippen LogP contribution in [-0.2, 0) is 9.53 Å². The van der Waals surface area contributed by atoms with Gasteiger partial charge in [-0.05, 0) is 117 Å². The number of aliphatic hydroxyl groups is 2. The van der Waals surface area contributed by atoms with Crippen molar-refractivity contribution in [3.63, 3.8) is 0 Å². The van der Waals surface area contributed by atoms with E-state index in [0.29, 0.717) is 23.7 Å². The number of aliphatic hydroxyl groups excluding tert-OH is 2. The predicted octanol–water partition coefficient (Wildman–Crippen LogP) is 6.43. The van der Waals surface area contributed by atoms with Crippen molar-refractivity contribution in [2.75, 3.05) is 13.2 Å². The van der Waals surface area contributed by atoms with E-state index < -0.39 is 16.9 Å². The molecule has 0 radical (unpaired) electrons. The van der Waals surface area contributed by atoms with Crippen LogP contribution >= 0.6 is 0 Å². The fourth-order valence-corrected chi connectivity index (χ4v) is 11.9. The normalized spacial score (nSPS) is 51.5. The van der Waals surface area contributed by atoms with Crippen LogP contribution in [0.25, 0.3) is 0 Å². The Bertz CT molecular complexity index is 1020. The van der Waals surface area contributed by atoms with Gasteiger partial charge >= 0.3 is 5.97 Å². The highest BCUT2D eigenvalue weighted by atomic mass is 16.5. The van der Waals surface area contributed by atoms with E-state index in [1.54, 1.807) is 0 Å². The molecule has 0 aliphatic heterocycles. The third-order valence-corrected chi connectivity index (χ3v) is 14.0. The van der Waals surface area contributed by atoms with Gasteiger partial charge in [-0.25, -0.2) is 0 Å². The number of allylic oxidation sites excluding steroid dienone is 1. The molecule has 4 unspecified atom stereocenters. The summed E-state index contributed by atoms with van der Waals surface area (Å²) in [5.74, 6) is 1.86. The molecule has 0 heterocycles. The Hall–Kier alpha value is -1.38.